The molecular weight excluding hydrogens is 581 g/mol. The van der Waals surface area contributed by atoms with Gasteiger partial charge in [-0.05, 0) is 43.0 Å². The van der Waals surface area contributed by atoms with Crippen LogP contribution in [0, 0.1) is 5.82 Å². The first-order chi connectivity index (χ1) is 21.2. The van der Waals surface area contributed by atoms with Crippen molar-refractivity contribution in [2.45, 2.75) is 70.0 Å². The predicted octanol–water partition coefficient (Wildman–Crippen LogP) is 5.47. The molecule has 1 fully saturated rings. The van der Waals surface area contributed by atoms with Crippen molar-refractivity contribution < 1.29 is 27.1 Å². The minimum absolute atomic E-state index is 0.0334. The van der Waals surface area contributed by atoms with Crippen LogP contribution in [-0.2, 0) is 32.6 Å². The van der Waals surface area contributed by atoms with E-state index in [4.69, 9.17) is 4.74 Å². The fourth-order valence-electron chi connectivity index (χ4n) is 5.68. The highest BCUT2D eigenvalue weighted by molar-refractivity contribution is 7.92. The van der Waals surface area contributed by atoms with E-state index < -0.39 is 21.9 Å². The third-order valence-corrected chi connectivity index (χ3v) is 9.21. The van der Waals surface area contributed by atoms with Gasteiger partial charge in [0.25, 0.3) is 0 Å². The van der Waals surface area contributed by atoms with E-state index in [0.717, 1.165) is 43.9 Å². The zero-order valence-corrected chi connectivity index (χ0v) is 26.3. The summed E-state index contributed by atoms with van der Waals surface area (Å²) in [6.07, 6.45) is 6.52. The minimum Gasteiger partial charge on any atom is -0.497 e. The second-order valence-corrected chi connectivity index (χ2v) is 13.2. The molecule has 0 saturated heterocycles. The van der Waals surface area contributed by atoms with Crippen molar-refractivity contribution >= 4 is 27.5 Å². The highest BCUT2D eigenvalue weighted by atomic mass is 32.2. The molecule has 0 unspecified atom stereocenters. The van der Waals surface area contributed by atoms with Crippen LogP contribution in [0.15, 0.2) is 78.9 Å². The summed E-state index contributed by atoms with van der Waals surface area (Å²) in [4.78, 5) is 29.3. The van der Waals surface area contributed by atoms with Gasteiger partial charge in [0.1, 0.15) is 17.6 Å². The quantitative estimate of drug-likeness (QED) is 0.257. The van der Waals surface area contributed by atoms with E-state index in [-0.39, 0.29) is 50.2 Å². The van der Waals surface area contributed by atoms with E-state index in [9.17, 15) is 22.4 Å². The Morgan fingerprint density at radius 3 is 2.36 bits per heavy atom. The lowest BCUT2D eigenvalue weighted by molar-refractivity contribution is -0.141. The molecule has 1 aliphatic rings. The number of halogens is 1. The third-order valence-electron chi connectivity index (χ3n) is 8.01. The number of sulfonamides is 1. The summed E-state index contributed by atoms with van der Waals surface area (Å²) < 4.78 is 46.8. The Morgan fingerprint density at radius 2 is 1.68 bits per heavy atom. The van der Waals surface area contributed by atoms with Gasteiger partial charge in [-0.15, -0.1) is 0 Å². The number of nitrogens with zero attached hydrogens (tertiary/aromatic N) is 2. The van der Waals surface area contributed by atoms with Crippen LogP contribution in [0.5, 0.6) is 5.75 Å². The van der Waals surface area contributed by atoms with E-state index in [1.54, 1.807) is 42.5 Å². The van der Waals surface area contributed by atoms with Crippen LogP contribution >= 0.6 is 0 Å². The number of methoxy groups -OCH3 is 1. The second kappa shape index (κ2) is 15.7. The lowest BCUT2D eigenvalue weighted by Gasteiger charge is -2.34. The highest BCUT2D eigenvalue weighted by Crippen LogP contribution is 2.25. The van der Waals surface area contributed by atoms with Gasteiger partial charge in [-0.3, -0.25) is 13.9 Å². The van der Waals surface area contributed by atoms with Crippen LogP contribution in [-0.4, -0.2) is 57.1 Å². The Morgan fingerprint density at radius 1 is 0.977 bits per heavy atom. The van der Waals surface area contributed by atoms with Crippen molar-refractivity contribution in [3.8, 4) is 5.75 Å². The van der Waals surface area contributed by atoms with Gasteiger partial charge < -0.3 is 15.0 Å². The molecule has 0 spiro atoms. The molecule has 4 rings (SSSR count). The van der Waals surface area contributed by atoms with Crippen molar-refractivity contribution in [1.29, 1.82) is 0 Å². The Labute approximate surface area is 260 Å². The number of carbonyl (C=O) groups excluding carboxylic acids is 2. The standard InChI is InChI=1S/C34H42FN3O5S/c1-43-30-19-11-18-29(24-30)38(44(2,41)42)22-12-21-33(39)37(25-27-15-9-10-20-31(27)35)32(23-26-13-5-3-6-14-26)34(40)36-28-16-7-4-8-17-28/h3,5-6,9-11,13-15,18-20,24,28,32H,4,7-8,12,16-17,21-23,25H2,1-2H3,(H,36,40)/t32-/m1/s1. The number of benzene rings is 3. The molecule has 1 saturated carbocycles. The molecule has 0 bridgehead atoms. The molecule has 8 nitrogen and oxygen atoms in total. The van der Waals surface area contributed by atoms with Gasteiger partial charge in [0.15, 0.2) is 0 Å². The number of rotatable bonds is 14. The van der Waals surface area contributed by atoms with E-state index in [1.807, 2.05) is 30.3 Å². The minimum atomic E-state index is -3.66. The Bertz CT molecular complexity index is 1500. The molecule has 1 aliphatic carbocycles. The summed E-state index contributed by atoms with van der Waals surface area (Å²) >= 11 is 0. The van der Waals surface area contributed by atoms with Gasteiger partial charge >= 0.3 is 0 Å². The normalized spacial score (nSPS) is 14.4. The van der Waals surface area contributed by atoms with Crippen LogP contribution in [0.2, 0.25) is 0 Å². The lowest BCUT2D eigenvalue weighted by atomic mass is 9.94. The average molecular weight is 624 g/mol. The maximum Gasteiger partial charge on any atom is 0.243 e. The number of anilines is 1. The molecule has 0 radical (unpaired) electrons. The third kappa shape index (κ3) is 9.29. The lowest BCUT2D eigenvalue weighted by Crippen LogP contribution is -2.53. The molecule has 44 heavy (non-hydrogen) atoms. The van der Waals surface area contributed by atoms with Gasteiger partial charge in [-0.2, -0.15) is 0 Å². The van der Waals surface area contributed by atoms with Crippen molar-refractivity contribution in [2.24, 2.45) is 0 Å². The summed E-state index contributed by atoms with van der Waals surface area (Å²) in [6.45, 7) is -0.0460. The summed E-state index contributed by atoms with van der Waals surface area (Å²) in [5.41, 5.74) is 1.61. The van der Waals surface area contributed by atoms with E-state index >= 15 is 0 Å². The van der Waals surface area contributed by atoms with Crippen molar-refractivity contribution in [3.05, 3.63) is 95.8 Å². The largest absolute Gasteiger partial charge is 0.497 e. The first-order valence-corrected chi connectivity index (χ1v) is 17.0. The number of hydrogen-bond acceptors (Lipinski definition) is 5. The zero-order chi connectivity index (χ0) is 31.5. The molecule has 10 heteroatoms. The highest BCUT2D eigenvalue weighted by Gasteiger charge is 2.32. The molecule has 0 heterocycles. The fraction of sp³-hybridized carbons (Fsp3) is 0.412. The molecule has 0 aliphatic heterocycles. The number of nitrogens with one attached hydrogen (secondary N) is 1. The second-order valence-electron chi connectivity index (χ2n) is 11.3. The maximum absolute atomic E-state index is 14.9. The van der Waals surface area contributed by atoms with E-state index in [2.05, 4.69) is 5.32 Å². The van der Waals surface area contributed by atoms with Gasteiger partial charge in [0, 0.05) is 43.6 Å². The monoisotopic (exact) mass is 623 g/mol. The van der Waals surface area contributed by atoms with Gasteiger partial charge in [-0.1, -0.05) is 73.9 Å². The van der Waals surface area contributed by atoms with Crippen LogP contribution in [0.25, 0.3) is 0 Å². The van der Waals surface area contributed by atoms with E-state index in [0.29, 0.717) is 17.0 Å². The van der Waals surface area contributed by atoms with Crippen LogP contribution in [0.4, 0.5) is 10.1 Å². The Balaban J connectivity index is 1.59. The fourth-order valence-corrected chi connectivity index (χ4v) is 6.64. The number of carbonyl (C=O) groups is 2. The molecule has 1 atom stereocenters. The zero-order valence-electron chi connectivity index (χ0n) is 25.5. The van der Waals surface area contributed by atoms with Crippen LogP contribution < -0.4 is 14.4 Å². The molecule has 0 aromatic heterocycles. The summed E-state index contributed by atoms with van der Waals surface area (Å²) in [5, 5.41) is 3.18. The Hall–Kier alpha value is -3.92. The maximum atomic E-state index is 14.9. The van der Waals surface area contributed by atoms with Crippen molar-refractivity contribution in [1.82, 2.24) is 10.2 Å². The Kier molecular flexibility index (Phi) is 11.8. The molecule has 2 amide bonds. The summed E-state index contributed by atoms with van der Waals surface area (Å²) in [5.74, 6) is -0.569. The van der Waals surface area contributed by atoms with Crippen LogP contribution in [0.1, 0.15) is 56.1 Å². The van der Waals surface area contributed by atoms with E-state index in [1.165, 1.54) is 22.4 Å². The molecule has 3 aromatic carbocycles. The molecule has 3 aromatic rings. The molecule has 1 N–H and O–H groups in total. The number of amides is 2. The predicted molar refractivity (Wildman–Crippen MR) is 170 cm³/mol. The molecule has 236 valence electrons. The average Bonchev–Trinajstić information content (AvgIpc) is 3.02. The SMILES string of the molecule is COc1cccc(N(CCCC(=O)N(Cc2ccccc2F)[C@H](Cc2ccccc2)C(=O)NC2CCCCC2)S(C)(=O)=O)c1. The smallest absolute Gasteiger partial charge is 0.243 e. The summed E-state index contributed by atoms with van der Waals surface area (Å²) in [7, 11) is -2.16. The number of ether oxygens (including phenoxy) is 1. The summed E-state index contributed by atoms with van der Waals surface area (Å²) in [6, 6.07) is 21.6. The topological polar surface area (TPSA) is 96.0 Å². The molecular formula is C34H42FN3O5S. The van der Waals surface area contributed by atoms with Crippen molar-refractivity contribution in [2.75, 3.05) is 24.2 Å². The van der Waals surface area contributed by atoms with Gasteiger partial charge in [0.2, 0.25) is 21.8 Å². The first kappa shape index (κ1) is 33.0. The first-order valence-electron chi connectivity index (χ1n) is 15.1. The van der Waals surface area contributed by atoms with Crippen LogP contribution in [0.3, 0.4) is 0 Å². The van der Waals surface area contributed by atoms with Gasteiger partial charge in [0.05, 0.1) is 19.1 Å². The van der Waals surface area contributed by atoms with Gasteiger partial charge in [-0.25, -0.2) is 12.8 Å². The van der Waals surface area contributed by atoms with Crippen molar-refractivity contribution in [3.63, 3.8) is 0 Å². The number of hydrogen-bond donors (Lipinski definition) is 1.